The fraction of sp³-hybridized carbons (Fsp3) is 0.364. The van der Waals surface area contributed by atoms with Crippen LogP contribution in [0, 0.1) is 11.3 Å². The van der Waals surface area contributed by atoms with Gasteiger partial charge in [0, 0.05) is 22.8 Å². The first-order valence-electron chi connectivity index (χ1n) is 4.92. The maximum atomic E-state index is 8.90. The predicted octanol–water partition coefficient (Wildman–Crippen LogP) is 2.34. The Labute approximate surface area is 105 Å². The summed E-state index contributed by atoms with van der Waals surface area (Å²) < 4.78 is 0. The largest absolute Gasteiger partial charge is 0.396 e. The minimum Gasteiger partial charge on any atom is -0.396 e. The predicted molar refractivity (Wildman–Crippen MR) is 69.4 cm³/mol. The van der Waals surface area contributed by atoms with Crippen molar-refractivity contribution in [3.8, 4) is 0 Å². The van der Waals surface area contributed by atoms with Crippen LogP contribution >= 0.6 is 23.4 Å². The van der Waals surface area contributed by atoms with Crippen molar-refractivity contribution in [3.63, 3.8) is 0 Å². The summed E-state index contributed by atoms with van der Waals surface area (Å²) in [6, 6.07) is 5.43. The van der Waals surface area contributed by atoms with Crippen LogP contribution in [0.25, 0.3) is 0 Å². The van der Waals surface area contributed by atoms with Gasteiger partial charge in [-0.15, -0.1) is 11.8 Å². The fourth-order valence-electron chi connectivity index (χ4n) is 1.10. The molecule has 0 spiro atoms. The van der Waals surface area contributed by atoms with E-state index in [0.29, 0.717) is 10.6 Å². The van der Waals surface area contributed by atoms with E-state index >= 15 is 0 Å². The zero-order valence-corrected chi connectivity index (χ0v) is 10.6. The number of thioether (sulfide) groups is 1. The Morgan fingerprint density at radius 2 is 2.31 bits per heavy atom. The lowest BCUT2D eigenvalue weighted by molar-refractivity contribution is 0.250. The molecule has 5 heteroatoms. The first kappa shape index (κ1) is 13.4. The van der Waals surface area contributed by atoms with Gasteiger partial charge in [-0.05, 0) is 24.1 Å². The zero-order valence-electron chi connectivity index (χ0n) is 9.03. The summed E-state index contributed by atoms with van der Waals surface area (Å²) in [5, 5.41) is 16.7. The number of nitrogens with two attached hydrogens (primary N) is 1. The van der Waals surface area contributed by atoms with Gasteiger partial charge in [0.25, 0.3) is 0 Å². The first-order valence-corrected chi connectivity index (χ1v) is 6.28. The number of hydrogen-bond acceptors (Lipinski definition) is 3. The third-order valence-corrected chi connectivity index (χ3v) is 3.71. The van der Waals surface area contributed by atoms with Gasteiger partial charge in [-0.3, -0.25) is 5.41 Å². The summed E-state index contributed by atoms with van der Waals surface area (Å²) in [7, 11) is 0. The fourth-order valence-corrected chi connectivity index (χ4v) is 2.39. The second-order valence-corrected chi connectivity index (χ2v) is 5.15. The molecule has 1 aromatic rings. The van der Waals surface area contributed by atoms with E-state index in [1.54, 1.807) is 23.9 Å². The number of rotatable bonds is 5. The molecule has 0 saturated carbocycles. The number of nitrogen functional groups attached to an aromatic ring is 1. The third kappa shape index (κ3) is 3.70. The normalized spacial score (nSPS) is 12.4. The number of benzene rings is 1. The van der Waals surface area contributed by atoms with Crippen molar-refractivity contribution in [2.75, 3.05) is 12.4 Å². The smallest absolute Gasteiger partial charge is 0.124 e. The molecule has 16 heavy (non-hydrogen) atoms. The third-order valence-electron chi connectivity index (χ3n) is 2.08. The van der Waals surface area contributed by atoms with Crippen LogP contribution in [0.3, 0.4) is 0 Å². The monoisotopic (exact) mass is 258 g/mol. The molecule has 1 atom stereocenters. The maximum Gasteiger partial charge on any atom is 0.124 e. The van der Waals surface area contributed by atoms with Gasteiger partial charge in [0.15, 0.2) is 0 Å². The molecule has 0 aliphatic heterocycles. The molecule has 88 valence electrons. The van der Waals surface area contributed by atoms with Gasteiger partial charge in [-0.2, -0.15) is 0 Å². The Bertz CT molecular complexity index is 384. The topological polar surface area (TPSA) is 70.1 Å². The summed E-state index contributed by atoms with van der Waals surface area (Å²) in [5.74, 6) is 1.08. The number of halogens is 1. The van der Waals surface area contributed by atoms with Crippen molar-refractivity contribution >= 4 is 29.2 Å². The molecular weight excluding hydrogens is 244 g/mol. The van der Waals surface area contributed by atoms with Crippen molar-refractivity contribution in [1.82, 2.24) is 0 Å². The Balaban J connectivity index is 2.70. The van der Waals surface area contributed by atoms with Crippen molar-refractivity contribution in [2.45, 2.75) is 11.8 Å². The van der Waals surface area contributed by atoms with E-state index in [2.05, 4.69) is 0 Å². The molecule has 0 aliphatic rings. The van der Waals surface area contributed by atoms with Crippen LogP contribution in [0.2, 0.25) is 5.02 Å². The van der Waals surface area contributed by atoms with Crippen molar-refractivity contribution < 1.29 is 5.11 Å². The van der Waals surface area contributed by atoms with Gasteiger partial charge in [-0.25, -0.2) is 0 Å². The molecule has 0 aromatic heterocycles. The molecular formula is C11H15ClN2OS. The molecule has 3 nitrogen and oxygen atoms in total. The molecule has 0 fully saturated rings. The van der Waals surface area contributed by atoms with Crippen LogP contribution in [0.4, 0.5) is 0 Å². The Kier molecular flexibility index (Phi) is 5.12. The summed E-state index contributed by atoms with van der Waals surface area (Å²) >= 11 is 7.62. The van der Waals surface area contributed by atoms with Gasteiger partial charge in [0.05, 0.1) is 5.02 Å². The van der Waals surface area contributed by atoms with Gasteiger partial charge >= 0.3 is 0 Å². The van der Waals surface area contributed by atoms with Gasteiger partial charge in [0.1, 0.15) is 5.84 Å². The molecule has 0 bridgehead atoms. The summed E-state index contributed by atoms with van der Waals surface area (Å²) in [6.07, 6.45) is 0. The van der Waals surface area contributed by atoms with E-state index in [1.165, 1.54) is 0 Å². The van der Waals surface area contributed by atoms with Gasteiger partial charge < -0.3 is 10.8 Å². The highest BCUT2D eigenvalue weighted by Gasteiger charge is 2.06. The van der Waals surface area contributed by atoms with Gasteiger partial charge in [0.2, 0.25) is 0 Å². The van der Waals surface area contributed by atoms with Crippen molar-refractivity contribution in [1.29, 1.82) is 5.41 Å². The Hall–Kier alpha value is -0.710. The number of hydrogen-bond donors (Lipinski definition) is 3. The number of amidine groups is 1. The number of aliphatic hydroxyl groups is 1. The highest BCUT2D eigenvalue weighted by atomic mass is 35.5. The molecule has 0 radical (unpaired) electrons. The van der Waals surface area contributed by atoms with Gasteiger partial charge in [-0.1, -0.05) is 18.5 Å². The van der Waals surface area contributed by atoms with E-state index in [4.69, 9.17) is 27.9 Å². The number of nitrogens with one attached hydrogen (secondary N) is 1. The summed E-state index contributed by atoms with van der Waals surface area (Å²) in [6.45, 7) is 2.17. The highest BCUT2D eigenvalue weighted by molar-refractivity contribution is 7.99. The van der Waals surface area contributed by atoms with Crippen molar-refractivity contribution in [3.05, 3.63) is 28.8 Å². The quantitative estimate of drug-likeness (QED) is 0.431. The Morgan fingerprint density at radius 1 is 1.62 bits per heavy atom. The lowest BCUT2D eigenvalue weighted by Crippen LogP contribution is -2.11. The maximum absolute atomic E-state index is 8.90. The molecule has 1 aromatic carbocycles. The van der Waals surface area contributed by atoms with Crippen LogP contribution in [-0.2, 0) is 0 Å². The zero-order chi connectivity index (χ0) is 12.1. The van der Waals surface area contributed by atoms with Crippen LogP contribution in [0.15, 0.2) is 23.1 Å². The highest BCUT2D eigenvalue weighted by Crippen LogP contribution is 2.26. The minimum absolute atomic E-state index is 0.0229. The number of aliphatic hydroxyl groups excluding tert-OH is 1. The van der Waals surface area contributed by atoms with Crippen LogP contribution in [0.1, 0.15) is 12.5 Å². The molecule has 1 rings (SSSR count). The lowest BCUT2D eigenvalue weighted by Gasteiger charge is -2.08. The van der Waals surface area contributed by atoms with Crippen LogP contribution in [0.5, 0.6) is 0 Å². The molecule has 0 saturated heterocycles. The molecule has 0 amide bonds. The molecule has 0 aliphatic carbocycles. The second kappa shape index (κ2) is 6.13. The minimum atomic E-state index is -0.0229. The SMILES string of the molecule is CC(CO)CSc1ccc(C(=N)N)c(Cl)c1. The van der Waals surface area contributed by atoms with Crippen molar-refractivity contribution in [2.24, 2.45) is 11.7 Å². The van der Waals surface area contributed by atoms with E-state index in [0.717, 1.165) is 10.6 Å². The average Bonchev–Trinajstić information content (AvgIpc) is 2.25. The van der Waals surface area contributed by atoms with E-state index in [-0.39, 0.29) is 18.4 Å². The molecule has 0 heterocycles. The van der Waals surface area contributed by atoms with E-state index in [1.807, 2.05) is 13.0 Å². The summed E-state index contributed by atoms with van der Waals surface area (Å²) in [5.41, 5.74) is 5.92. The first-order chi connectivity index (χ1) is 7.54. The van der Waals surface area contributed by atoms with E-state index < -0.39 is 0 Å². The summed E-state index contributed by atoms with van der Waals surface area (Å²) in [4.78, 5) is 1.02. The van der Waals surface area contributed by atoms with Crippen LogP contribution in [-0.4, -0.2) is 23.3 Å². The average molecular weight is 259 g/mol. The lowest BCUT2D eigenvalue weighted by atomic mass is 10.2. The molecule has 4 N–H and O–H groups in total. The standard InChI is InChI=1S/C11H15ClN2OS/c1-7(5-15)6-16-8-2-3-9(11(13)14)10(12)4-8/h2-4,7,15H,5-6H2,1H3,(H3,13,14). The Morgan fingerprint density at radius 3 is 2.81 bits per heavy atom. The van der Waals surface area contributed by atoms with E-state index in [9.17, 15) is 0 Å². The molecule has 1 unspecified atom stereocenters. The van der Waals surface area contributed by atoms with Crippen LogP contribution < -0.4 is 5.73 Å². The second-order valence-electron chi connectivity index (χ2n) is 3.65.